The number of nitrogens with zero attached hydrogens (tertiary/aromatic N) is 5. The molecule has 0 aromatic carbocycles. The standard InChI is InChI=1S/C12H12FN5O2/c13-9-6-14-4-3-8(9)12-15-16-17-18(12)10(5-11(19)20)7-1-2-7/h3-4,6-7,10H,1-2,5H2,(H,19,20). The lowest BCUT2D eigenvalue weighted by Crippen LogP contribution is -2.18. The van der Waals surface area contributed by atoms with Crippen LogP contribution in [0.15, 0.2) is 18.5 Å². The molecule has 2 aromatic heterocycles. The molecular formula is C12H12FN5O2. The van der Waals surface area contributed by atoms with E-state index in [-0.39, 0.29) is 29.8 Å². The van der Waals surface area contributed by atoms with E-state index in [1.54, 1.807) is 0 Å². The van der Waals surface area contributed by atoms with Gasteiger partial charge in [-0.15, -0.1) is 5.10 Å². The number of carbonyl (C=O) groups is 1. The van der Waals surface area contributed by atoms with E-state index in [9.17, 15) is 9.18 Å². The Hall–Kier alpha value is -2.38. The summed E-state index contributed by atoms with van der Waals surface area (Å²) in [6, 6.07) is 1.13. The van der Waals surface area contributed by atoms with E-state index in [1.807, 2.05) is 0 Å². The topological polar surface area (TPSA) is 93.8 Å². The van der Waals surface area contributed by atoms with Gasteiger partial charge in [0, 0.05) is 6.20 Å². The number of hydrogen-bond acceptors (Lipinski definition) is 5. The predicted octanol–water partition coefficient (Wildman–Crippen LogP) is 1.30. The molecule has 1 unspecified atom stereocenters. The van der Waals surface area contributed by atoms with Crippen LogP contribution >= 0.6 is 0 Å². The number of tetrazole rings is 1. The Morgan fingerprint density at radius 3 is 3.00 bits per heavy atom. The lowest BCUT2D eigenvalue weighted by molar-refractivity contribution is -0.138. The fourth-order valence-corrected chi connectivity index (χ4v) is 2.26. The number of aliphatic carboxylic acids is 1. The third-order valence-corrected chi connectivity index (χ3v) is 3.37. The van der Waals surface area contributed by atoms with Crippen molar-refractivity contribution in [3.05, 3.63) is 24.3 Å². The molecule has 0 saturated heterocycles. The predicted molar refractivity (Wildman–Crippen MR) is 65.0 cm³/mol. The minimum absolute atomic E-state index is 0.0740. The molecule has 0 aliphatic heterocycles. The van der Waals surface area contributed by atoms with Crippen LogP contribution in [0.2, 0.25) is 0 Å². The van der Waals surface area contributed by atoms with Crippen LogP contribution in [0.25, 0.3) is 11.4 Å². The van der Waals surface area contributed by atoms with Crippen LogP contribution in [0.5, 0.6) is 0 Å². The van der Waals surface area contributed by atoms with Crippen molar-refractivity contribution >= 4 is 5.97 Å². The molecule has 7 nitrogen and oxygen atoms in total. The third-order valence-electron chi connectivity index (χ3n) is 3.37. The van der Waals surface area contributed by atoms with Gasteiger partial charge in [0.1, 0.15) is 0 Å². The zero-order chi connectivity index (χ0) is 14.1. The molecule has 1 aliphatic rings. The highest BCUT2D eigenvalue weighted by molar-refractivity contribution is 5.67. The van der Waals surface area contributed by atoms with Gasteiger partial charge < -0.3 is 5.11 Å². The highest BCUT2D eigenvalue weighted by atomic mass is 19.1. The second-order valence-corrected chi connectivity index (χ2v) is 4.81. The van der Waals surface area contributed by atoms with E-state index in [0.29, 0.717) is 0 Å². The van der Waals surface area contributed by atoms with Crippen molar-refractivity contribution in [3.63, 3.8) is 0 Å². The summed E-state index contributed by atoms with van der Waals surface area (Å²) in [4.78, 5) is 14.7. The number of halogens is 1. The van der Waals surface area contributed by atoms with Crippen molar-refractivity contribution in [2.75, 3.05) is 0 Å². The second-order valence-electron chi connectivity index (χ2n) is 4.81. The Kier molecular flexibility index (Phi) is 3.13. The van der Waals surface area contributed by atoms with E-state index in [4.69, 9.17) is 5.11 Å². The van der Waals surface area contributed by atoms with Gasteiger partial charge in [-0.05, 0) is 35.3 Å². The molecule has 2 heterocycles. The maximum absolute atomic E-state index is 13.8. The normalized spacial score (nSPS) is 16.1. The van der Waals surface area contributed by atoms with Crippen LogP contribution in [-0.2, 0) is 4.79 Å². The minimum Gasteiger partial charge on any atom is -0.481 e. The summed E-state index contributed by atoms with van der Waals surface area (Å²) in [5, 5.41) is 20.3. The van der Waals surface area contributed by atoms with E-state index in [1.165, 1.54) is 16.9 Å². The van der Waals surface area contributed by atoms with Crippen LogP contribution < -0.4 is 0 Å². The van der Waals surface area contributed by atoms with Crippen molar-refractivity contribution in [3.8, 4) is 11.4 Å². The first-order valence-electron chi connectivity index (χ1n) is 6.26. The summed E-state index contributed by atoms with van der Waals surface area (Å²) in [6.07, 6.45) is 4.33. The molecule has 1 atom stereocenters. The molecule has 3 rings (SSSR count). The Morgan fingerprint density at radius 1 is 1.55 bits per heavy atom. The summed E-state index contributed by atoms with van der Waals surface area (Å²) >= 11 is 0. The Bertz CT molecular complexity index is 640. The van der Waals surface area contributed by atoms with Gasteiger partial charge in [-0.1, -0.05) is 0 Å². The maximum Gasteiger partial charge on any atom is 0.305 e. The lowest BCUT2D eigenvalue weighted by atomic mass is 10.1. The fourth-order valence-electron chi connectivity index (χ4n) is 2.26. The van der Waals surface area contributed by atoms with Gasteiger partial charge in [-0.3, -0.25) is 9.78 Å². The molecular weight excluding hydrogens is 265 g/mol. The van der Waals surface area contributed by atoms with Gasteiger partial charge in [0.25, 0.3) is 0 Å². The first-order valence-corrected chi connectivity index (χ1v) is 6.26. The molecule has 1 aliphatic carbocycles. The zero-order valence-corrected chi connectivity index (χ0v) is 10.5. The molecule has 2 aromatic rings. The number of pyridine rings is 1. The molecule has 1 N–H and O–H groups in total. The molecule has 0 radical (unpaired) electrons. The first kappa shape index (κ1) is 12.6. The van der Waals surface area contributed by atoms with E-state index in [2.05, 4.69) is 20.5 Å². The van der Waals surface area contributed by atoms with E-state index in [0.717, 1.165) is 19.0 Å². The van der Waals surface area contributed by atoms with Crippen molar-refractivity contribution in [1.29, 1.82) is 0 Å². The Morgan fingerprint density at radius 2 is 2.35 bits per heavy atom. The van der Waals surface area contributed by atoms with Crippen LogP contribution in [0.4, 0.5) is 4.39 Å². The van der Waals surface area contributed by atoms with Crippen LogP contribution in [0.1, 0.15) is 25.3 Å². The second kappa shape index (κ2) is 4.95. The first-order chi connectivity index (χ1) is 9.66. The van der Waals surface area contributed by atoms with Gasteiger partial charge in [0.05, 0.1) is 24.2 Å². The van der Waals surface area contributed by atoms with Gasteiger partial charge in [0.2, 0.25) is 0 Å². The SMILES string of the molecule is O=C(O)CC(C1CC1)n1nnnc1-c1ccncc1F. The summed E-state index contributed by atoms with van der Waals surface area (Å²) < 4.78 is 15.2. The van der Waals surface area contributed by atoms with Crippen LogP contribution in [-0.4, -0.2) is 36.3 Å². The van der Waals surface area contributed by atoms with Crippen molar-refractivity contribution in [2.24, 2.45) is 5.92 Å². The number of rotatable bonds is 5. The molecule has 104 valence electrons. The summed E-state index contributed by atoms with van der Waals surface area (Å²) in [5.41, 5.74) is 0.223. The van der Waals surface area contributed by atoms with Crippen LogP contribution in [0, 0.1) is 11.7 Å². The smallest absolute Gasteiger partial charge is 0.305 e. The molecule has 0 spiro atoms. The highest BCUT2D eigenvalue weighted by Gasteiger charge is 2.36. The molecule has 1 saturated carbocycles. The molecule has 0 bridgehead atoms. The van der Waals surface area contributed by atoms with Crippen LogP contribution in [0.3, 0.4) is 0 Å². The maximum atomic E-state index is 13.8. The van der Waals surface area contributed by atoms with E-state index < -0.39 is 11.8 Å². The number of aromatic nitrogens is 5. The molecule has 20 heavy (non-hydrogen) atoms. The van der Waals surface area contributed by atoms with E-state index >= 15 is 0 Å². The molecule has 8 heteroatoms. The lowest BCUT2D eigenvalue weighted by Gasteiger charge is -2.15. The summed E-state index contributed by atoms with van der Waals surface area (Å²) in [7, 11) is 0. The minimum atomic E-state index is -0.918. The van der Waals surface area contributed by atoms with Crippen molar-refractivity contribution in [2.45, 2.75) is 25.3 Å². The van der Waals surface area contributed by atoms with Gasteiger partial charge in [-0.25, -0.2) is 9.07 Å². The third kappa shape index (κ3) is 2.36. The quantitative estimate of drug-likeness (QED) is 0.885. The molecule has 1 fully saturated rings. The van der Waals surface area contributed by atoms with Crippen molar-refractivity contribution in [1.82, 2.24) is 25.2 Å². The number of hydrogen-bond donors (Lipinski definition) is 1. The Labute approximate surface area is 113 Å². The monoisotopic (exact) mass is 277 g/mol. The largest absolute Gasteiger partial charge is 0.481 e. The average Bonchev–Trinajstić information content (AvgIpc) is 3.14. The number of carboxylic acids is 1. The van der Waals surface area contributed by atoms with Gasteiger partial charge in [-0.2, -0.15) is 0 Å². The number of carboxylic acid groups (broad SMARTS) is 1. The summed E-state index contributed by atoms with van der Waals surface area (Å²) in [6.45, 7) is 0. The molecule has 0 amide bonds. The Balaban J connectivity index is 2.00. The van der Waals surface area contributed by atoms with Crippen molar-refractivity contribution < 1.29 is 14.3 Å². The summed E-state index contributed by atoms with van der Waals surface area (Å²) in [5.74, 6) is -0.978. The highest BCUT2D eigenvalue weighted by Crippen LogP contribution is 2.42. The average molecular weight is 277 g/mol. The zero-order valence-electron chi connectivity index (χ0n) is 10.5. The fraction of sp³-hybridized carbons (Fsp3) is 0.417. The van der Waals surface area contributed by atoms with Gasteiger partial charge in [0.15, 0.2) is 11.6 Å². The van der Waals surface area contributed by atoms with Gasteiger partial charge >= 0.3 is 5.97 Å².